The third-order valence-corrected chi connectivity index (χ3v) is 7.53. The van der Waals surface area contributed by atoms with Crippen molar-refractivity contribution < 1.29 is 18.0 Å². The molecule has 0 atom stereocenters. The minimum atomic E-state index is -3.77. The zero-order valence-electron chi connectivity index (χ0n) is 12.4. The summed E-state index contributed by atoms with van der Waals surface area (Å²) < 4.78 is 26.8. The number of halogens is 2. The van der Waals surface area contributed by atoms with E-state index < -0.39 is 10.0 Å². The Hall–Kier alpha value is -0.800. The van der Waals surface area contributed by atoms with E-state index in [1.807, 2.05) is 0 Å². The Morgan fingerprint density at radius 3 is 2.38 bits per heavy atom. The summed E-state index contributed by atoms with van der Waals surface area (Å²) in [4.78, 5) is 24.8. The highest BCUT2D eigenvalue weighted by Gasteiger charge is 2.39. The fourth-order valence-electron chi connectivity index (χ4n) is 2.87. The highest BCUT2D eigenvalue weighted by atomic mass is 35.5. The number of sulfonamides is 1. The molecule has 1 aromatic carbocycles. The van der Waals surface area contributed by atoms with Crippen LogP contribution >= 0.6 is 35.0 Å². The molecule has 0 aliphatic carbocycles. The first-order valence-electron chi connectivity index (χ1n) is 7.24. The summed E-state index contributed by atoms with van der Waals surface area (Å²) in [6.45, 7) is 0.440. The second kappa shape index (κ2) is 6.84. The Balaban J connectivity index is 1.75. The molecule has 2 amide bonds. The van der Waals surface area contributed by atoms with Crippen LogP contribution in [-0.2, 0) is 14.8 Å². The van der Waals surface area contributed by atoms with E-state index in [9.17, 15) is 18.0 Å². The number of amides is 2. The van der Waals surface area contributed by atoms with Crippen LogP contribution < -0.4 is 0 Å². The Morgan fingerprint density at radius 1 is 1.12 bits per heavy atom. The van der Waals surface area contributed by atoms with Crippen molar-refractivity contribution in [3.05, 3.63) is 28.2 Å². The van der Waals surface area contributed by atoms with Gasteiger partial charge in [-0.2, -0.15) is 4.31 Å². The summed E-state index contributed by atoms with van der Waals surface area (Å²) in [7, 11) is -3.77. The van der Waals surface area contributed by atoms with Gasteiger partial charge in [-0.15, -0.1) is 0 Å². The van der Waals surface area contributed by atoms with Crippen LogP contribution in [0, 0.1) is 0 Å². The number of hydrogen-bond donors (Lipinski definition) is 0. The van der Waals surface area contributed by atoms with Crippen molar-refractivity contribution in [1.82, 2.24) is 9.21 Å². The van der Waals surface area contributed by atoms with Crippen LogP contribution in [0.1, 0.15) is 12.8 Å². The molecule has 2 aliphatic heterocycles. The van der Waals surface area contributed by atoms with E-state index in [4.69, 9.17) is 23.2 Å². The van der Waals surface area contributed by atoms with E-state index in [0.717, 1.165) is 11.8 Å². The highest BCUT2D eigenvalue weighted by Crippen LogP contribution is 2.31. The summed E-state index contributed by atoms with van der Waals surface area (Å²) in [5, 5.41) is 0.153. The molecule has 0 saturated carbocycles. The minimum Gasteiger partial charge on any atom is -0.273 e. The maximum atomic E-state index is 12.7. The van der Waals surface area contributed by atoms with E-state index in [0.29, 0.717) is 12.8 Å². The molecular weight excluding hydrogens is 395 g/mol. The molecule has 0 bridgehead atoms. The fourth-order valence-corrected chi connectivity index (χ4v) is 5.85. The quantitative estimate of drug-likeness (QED) is 0.768. The molecule has 0 spiro atoms. The first-order valence-corrected chi connectivity index (χ1v) is 10.4. The molecule has 130 valence electrons. The number of carbonyl (C=O) groups excluding carboxylic acids is 2. The van der Waals surface area contributed by atoms with Gasteiger partial charge in [0.2, 0.25) is 15.9 Å². The molecule has 3 rings (SSSR count). The van der Waals surface area contributed by atoms with Crippen molar-refractivity contribution in [3.63, 3.8) is 0 Å². The maximum absolute atomic E-state index is 12.7. The summed E-state index contributed by atoms with van der Waals surface area (Å²) in [5.74, 6) is -0.0423. The van der Waals surface area contributed by atoms with Crippen LogP contribution in [0.5, 0.6) is 0 Å². The number of carbonyl (C=O) groups is 2. The van der Waals surface area contributed by atoms with Crippen molar-refractivity contribution in [2.24, 2.45) is 0 Å². The van der Waals surface area contributed by atoms with Gasteiger partial charge in [0.25, 0.3) is 5.24 Å². The first kappa shape index (κ1) is 18.0. The number of piperidine rings is 1. The van der Waals surface area contributed by atoms with Crippen LogP contribution in [-0.4, -0.2) is 53.7 Å². The summed E-state index contributed by atoms with van der Waals surface area (Å²) in [6, 6.07) is 4.05. The zero-order chi connectivity index (χ0) is 17.5. The molecule has 2 aliphatic rings. The Labute approximate surface area is 154 Å². The third kappa shape index (κ3) is 3.30. The second-order valence-corrected chi connectivity index (χ2v) is 9.20. The molecule has 0 unspecified atom stereocenters. The molecule has 24 heavy (non-hydrogen) atoms. The monoisotopic (exact) mass is 408 g/mol. The predicted octanol–water partition coefficient (Wildman–Crippen LogP) is 2.84. The van der Waals surface area contributed by atoms with E-state index >= 15 is 0 Å². The maximum Gasteiger partial charge on any atom is 0.289 e. The molecule has 2 saturated heterocycles. The Morgan fingerprint density at radius 2 is 1.79 bits per heavy atom. The summed E-state index contributed by atoms with van der Waals surface area (Å²) >= 11 is 12.9. The third-order valence-electron chi connectivity index (χ3n) is 4.08. The van der Waals surface area contributed by atoms with Gasteiger partial charge in [0, 0.05) is 24.2 Å². The average molecular weight is 409 g/mol. The minimum absolute atomic E-state index is 0.0287. The average Bonchev–Trinajstić information content (AvgIpc) is 2.88. The zero-order valence-corrected chi connectivity index (χ0v) is 15.6. The van der Waals surface area contributed by atoms with Crippen molar-refractivity contribution >= 4 is 56.1 Å². The van der Waals surface area contributed by atoms with Crippen LogP contribution in [0.15, 0.2) is 23.1 Å². The first-order chi connectivity index (χ1) is 11.3. The molecule has 0 aromatic heterocycles. The molecule has 0 radical (unpaired) electrons. The van der Waals surface area contributed by atoms with E-state index in [2.05, 4.69) is 0 Å². The predicted molar refractivity (Wildman–Crippen MR) is 92.9 cm³/mol. The molecule has 2 fully saturated rings. The number of benzene rings is 1. The number of rotatable bonds is 3. The Bertz CT molecular complexity index is 776. The fraction of sp³-hybridized carbons (Fsp3) is 0.429. The van der Waals surface area contributed by atoms with Crippen LogP contribution in [0.3, 0.4) is 0 Å². The van der Waals surface area contributed by atoms with Gasteiger partial charge >= 0.3 is 0 Å². The van der Waals surface area contributed by atoms with Crippen molar-refractivity contribution in [1.29, 1.82) is 0 Å². The smallest absolute Gasteiger partial charge is 0.273 e. The lowest BCUT2D eigenvalue weighted by Crippen LogP contribution is -2.48. The summed E-state index contributed by atoms with van der Waals surface area (Å²) in [6.07, 6.45) is 0.824. The molecule has 2 heterocycles. The van der Waals surface area contributed by atoms with Crippen LogP contribution in [0.25, 0.3) is 0 Å². The van der Waals surface area contributed by atoms with Crippen molar-refractivity contribution in [2.45, 2.75) is 23.8 Å². The molecule has 10 heteroatoms. The molecule has 0 N–H and O–H groups in total. The SMILES string of the molecule is O=C1CSC(=O)N1C1CCN(S(=O)(=O)c2cc(Cl)ccc2Cl)CC1. The standard InChI is InChI=1S/C14H14Cl2N2O4S2/c15-9-1-2-11(16)12(7-9)24(21,22)17-5-3-10(4-6-17)18-13(19)8-23-14(18)20/h1-2,7,10H,3-6,8H2. The van der Waals surface area contributed by atoms with E-state index in [-0.39, 0.29) is 51.0 Å². The van der Waals surface area contributed by atoms with Gasteiger partial charge in [-0.25, -0.2) is 8.42 Å². The molecule has 6 nitrogen and oxygen atoms in total. The van der Waals surface area contributed by atoms with Crippen molar-refractivity contribution in [3.8, 4) is 0 Å². The van der Waals surface area contributed by atoms with Gasteiger partial charge in [0.15, 0.2) is 0 Å². The van der Waals surface area contributed by atoms with Gasteiger partial charge in [0.05, 0.1) is 10.8 Å². The van der Waals surface area contributed by atoms with Crippen LogP contribution in [0.4, 0.5) is 4.79 Å². The summed E-state index contributed by atoms with van der Waals surface area (Å²) in [5.41, 5.74) is 0. The molecule has 1 aromatic rings. The van der Waals surface area contributed by atoms with E-state index in [1.165, 1.54) is 27.4 Å². The van der Waals surface area contributed by atoms with Gasteiger partial charge in [-0.3, -0.25) is 14.5 Å². The van der Waals surface area contributed by atoms with Gasteiger partial charge in [-0.1, -0.05) is 35.0 Å². The topological polar surface area (TPSA) is 74.8 Å². The van der Waals surface area contributed by atoms with E-state index in [1.54, 1.807) is 0 Å². The number of imide groups is 1. The normalized spacial score (nSPS) is 20.8. The van der Waals surface area contributed by atoms with Gasteiger partial charge in [0.1, 0.15) is 4.90 Å². The largest absolute Gasteiger partial charge is 0.289 e. The highest BCUT2D eigenvalue weighted by molar-refractivity contribution is 8.14. The second-order valence-electron chi connectivity index (χ2n) is 5.53. The number of nitrogens with zero attached hydrogens (tertiary/aromatic N) is 2. The lowest BCUT2D eigenvalue weighted by molar-refractivity contribution is -0.126. The van der Waals surface area contributed by atoms with Crippen molar-refractivity contribution in [2.75, 3.05) is 18.8 Å². The number of hydrogen-bond acceptors (Lipinski definition) is 5. The van der Waals surface area contributed by atoms with Gasteiger partial charge in [-0.05, 0) is 31.0 Å². The number of thioether (sulfide) groups is 1. The van der Waals surface area contributed by atoms with Crippen LogP contribution in [0.2, 0.25) is 10.0 Å². The van der Waals surface area contributed by atoms with Gasteiger partial charge < -0.3 is 0 Å². The molecular formula is C14H14Cl2N2O4S2. The Kier molecular flexibility index (Phi) is 5.13. The lowest BCUT2D eigenvalue weighted by atomic mass is 10.1. The lowest BCUT2D eigenvalue weighted by Gasteiger charge is -2.34.